The number of benzene rings is 1. The van der Waals surface area contributed by atoms with Crippen LogP contribution in [-0.4, -0.2) is 43.9 Å². The Labute approximate surface area is 115 Å². The van der Waals surface area contributed by atoms with Gasteiger partial charge < -0.3 is 15.2 Å². The SMILES string of the molecule is CCOC1CCN(CCOc2ccccc2N)CC1. The summed E-state index contributed by atoms with van der Waals surface area (Å²) in [6, 6.07) is 7.64. The molecule has 2 N–H and O–H groups in total. The molecule has 0 aromatic heterocycles. The number of nitrogens with zero attached hydrogens (tertiary/aromatic N) is 1. The molecular weight excluding hydrogens is 240 g/mol. The number of nitrogens with two attached hydrogens (primary N) is 1. The van der Waals surface area contributed by atoms with Crippen molar-refractivity contribution in [2.24, 2.45) is 0 Å². The third kappa shape index (κ3) is 4.40. The molecule has 0 radical (unpaired) electrons. The van der Waals surface area contributed by atoms with E-state index >= 15 is 0 Å². The van der Waals surface area contributed by atoms with E-state index in [-0.39, 0.29) is 0 Å². The normalized spacial score (nSPS) is 17.5. The number of likely N-dealkylation sites (tertiary alicyclic amines) is 1. The average Bonchev–Trinajstić information content (AvgIpc) is 2.43. The fourth-order valence-electron chi connectivity index (χ4n) is 2.43. The van der Waals surface area contributed by atoms with Gasteiger partial charge in [0.05, 0.1) is 11.8 Å². The molecule has 0 saturated carbocycles. The Morgan fingerprint density at radius 2 is 2.00 bits per heavy atom. The van der Waals surface area contributed by atoms with E-state index in [4.69, 9.17) is 15.2 Å². The lowest BCUT2D eigenvalue weighted by atomic mass is 10.1. The quantitative estimate of drug-likeness (QED) is 0.800. The third-order valence-corrected chi connectivity index (χ3v) is 3.52. The zero-order chi connectivity index (χ0) is 13.5. The van der Waals surface area contributed by atoms with E-state index < -0.39 is 0 Å². The molecule has 0 atom stereocenters. The van der Waals surface area contributed by atoms with Crippen LogP contribution in [0.5, 0.6) is 5.75 Å². The average molecular weight is 264 g/mol. The van der Waals surface area contributed by atoms with Gasteiger partial charge in [-0.15, -0.1) is 0 Å². The topological polar surface area (TPSA) is 47.7 Å². The first-order valence-electron chi connectivity index (χ1n) is 7.11. The maximum atomic E-state index is 5.84. The van der Waals surface area contributed by atoms with Gasteiger partial charge in [-0.2, -0.15) is 0 Å². The minimum Gasteiger partial charge on any atom is -0.490 e. The van der Waals surface area contributed by atoms with Gasteiger partial charge in [0.1, 0.15) is 12.4 Å². The lowest BCUT2D eigenvalue weighted by Gasteiger charge is -2.31. The predicted octanol–water partition coefficient (Wildman–Crippen LogP) is 2.15. The van der Waals surface area contributed by atoms with E-state index in [9.17, 15) is 0 Å². The lowest BCUT2D eigenvalue weighted by molar-refractivity contribution is 0.0119. The third-order valence-electron chi connectivity index (χ3n) is 3.52. The second-order valence-corrected chi connectivity index (χ2v) is 4.88. The molecule has 0 amide bonds. The van der Waals surface area contributed by atoms with Gasteiger partial charge in [0.15, 0.2) is 0 Å². The number of rotatable bonds is 6. The molecule has 1 aliphatic rings. The summed E-state index contributed by atoms with van der Waals surface area (Å²) in [4.78, 5) is 2.43. The highest BCUT2D eigenvalue weighted by Crippen LogP contribution is 2.20. The molecule has 19 heavy (non-hydrogen) atoms. The molecular formula is C15H24N2O2. The fraction of sp³-hybridized carbons (Fsp3) is 0.600. The molecule has 106 valence electrons. The monoisotopic (exact) mass is 264 g/mol. The molecule has 0 bridgehead atoms. The Morgan fingerprint density at radius 1 is 1.26 bits per heavy atom. The van der Waals surface area contributed by atoms with Crippen molar-refractivity contribution in [3.8, 4) is 5.75 Å². The maximum absolute atomic E-state index is 5.84. The van der Waals surface area contributed by atoms with Gasteiger partial charge in [0.25, 0.3) is 0 Å². The maximum Gasteiger partial charge on any atom is 0.142 e. The lowest BCUT2D eigenvalue weighted by Crippen LogP contribution is -2.39. The van der Waals surface area contributed by atoms with Crippen LogP contribution in [0.25, 0.3) is 0 Å². The van der Waals surface area contributed by atoms with Gasteiger partial charge in [-0.05, 0) is 31.9 Å². The molecule has 0 aliphatic carbocycles. The predicted molar refractivity (Wildman–Crippen MR) is 77.4 cm³/mol. The minimum atomic E-state index is 0.451. The summed E-state index contributed by atoms with van der Waals surface area (Å²) in [6.07, 6.45) is 2.70. The van der Waals surface area contributed by atoms with Crippen LogP contribution in [0.4, 0.5) is 5.69 Å². The van der Waals surface area contributed by atoms with E-state index in [1.807, 2.05) is 24.3 Å². The van der Waals surface area contributed by atoms with Crippen molar-refractivity contribution in [3.05, 3.63) is 24.3 Å². The Morgan fingerprint density at radius 3 is 2.68 bits per heavy atom. The van der Waals surface area contributed by atoms with Crippen molar-refractivity contribution in [3.63, 3.8) is 0 Å². The Bertz CT molecular complexity index is 376. The number of piperidine rings is 1. The summed E-state index contributed by atoms with van der Waals surface area (Å²) < 4.78 is 11.4. The van der Waals surface area contributed by atoms with Gasteiger partial charge in [-0.25, -0.2) is 0 Å². The van der Waals surface area contributed by atoms with Crippen molar-refractivity contribution < 1.29 is 9.47 Å². The highest BCUT2D eigenvalue weighted by atomic mass is 16.5. The van der Waals surface area contributed by atoms with E-state index in [2.05, 4.69) is 11.8 Å². The number of hydrogen-bond donors (Lipinski definition) is 1. The molecule has 1 saturated heterocycles. The van der Waals surface area contributed by atoms with Gasteiger partial charge in [0.2, 0.25) is 0 Å². The van der Waals surface area contributed by atoms with Crippen LogP contribution in [0.2, 0.25) is 0 Å². The van der Waals surface area contributed by atoms with Crippen LogP contribution >= 0.6 is 0 Å². The van der Waals surface area contributed by atoms with Crippen LogP contribution in [0.3, 0.4) is 0 Å². The van der Waals surface area contributed by atoms with Crippen molar-refractivity contribution in [1.82, 2.24) is 4.90 Å². The summed E-state index contributed by atoms with van der Waals surface area (Å²) >= 11 is 0. The summed E-state index contributed by atoms with van der Waals surface area (Å²) in [5.74, 6) is 0.784. The standard InChI is InChI=1S/C15H24N2O2/c1-2-18-13-7-9-17(10-8-13)11-12-19-15-6-4-3-5-14(15)16/h3-6,13H,2,7-12,16H2,1H3. The summed E-state index contributed by atoms with van der Waals surface area (Å²) in [7, 11) is 0. The van der Waals surface area contributed by atoms with Gasteiger partial charge in [-0.1, -0.05) is 12.1 Å². The van der Waals surface area contributed by atoms with Crippen molar-refractivity contribution >= 4 is 5.69 Å². The van der Waals surface area contributed by atoms with Crippen LogP contribution in [-0.2, 0) is 4.74 Å². The molecule has 2 rings (SSSR count). The zero-order valence-corrected chi connectivity index (χ0v) is 11.7. The molecule has 1 heterocycles. The van der Waals surface area contributed by atoms with Crippen LogP contribution < -0.4 is 10.5 Å². The number of hydrogen-bond acceptors (Lipinski definition) is 4. The van der Waals surface area contributed by atoms with Crippen molar-refractivity contribution in [2.75, 3.05) is 38.6 Å². The first-order chi connectivity index (χ1) is 9.29. The van der Waals surface area contributed by atoms with E-state index in [0.717, 1.165) is 44.8 Å². The summed E-state index contributed by atoms with van der Waals surface area (Å²) in [5.41, 5.74) is 6.54. The van der Waals surface area contributed by atoms with Crippen LogP contribution in [0, 0.1) is 0 Å². The van der Waals surface area contributed by atoms with Gasteiger partial charge in [-0.3, -0.25) is 4.90 Å². The fourth-order valence-corrected chi connectivity index (χ4v) is 2.43. The van der Waals surface area contributed by atoms with Crippen LogP contribution in [0.15, 0.2) is 24.3 Å². The highest BCUT2D eigenvalue weighted by Gasteiger charge is 2.18. The van der Waals surface area contributed by atoms with Gasteiger partial charge >= 0.3 is 0 Å². The second kappa shape index (κ2) is 7.36. The Balaban J connectivity index is 1.66. The number of anilines is 1. The molecule has 4 heteroatoms. The zero-order valence-electron chi connectivity index (χ0n) is 11.7. The molecule has 0 unspecified atom stereocenters. The molecule has 4 nitrogen and oxygen atoms in total. The van der Waals surface area contributed by atoms with E-state index in [0.29, 0.717) is 18.4 Å². The van der Waals surface area contributed by atoms with E-state index in [1.165, 1.54) is 0 Å². The largest absolute Gasteiger partial charge is 0.490 e. The molecule has 1 aliphatic heterocycles. The smallest absolute Gasteiger partial charge is 0.142 e. The number of para-hydroxylation sites is 2. The first-order valence-corrected chi connectivity index (χ1v) is 7.11. The molecule has 1 fully saturated rings. The molecule has 1 aromatic carbocycles. The highest BCUT2D eigenvalue weighted by molar-refractivity contribution is 5.51. The van der Waals surface area contributed by atoms with Crippen molar-refractivity contribution in [2.45, 2.75) is 25.9 Å². The Kier molecular flexibility index (Phi) is 5.48. The van der Waals surface area contributed by atoms with Gasteiger partial charge in [0, 0.05) is 26.2 Å². The second-order valence-electron chi connectivity index (χ2n) is 4.88. The van der Waals surface area contributed by atoms with E-state index in [1.54, 1.807) is 0 Å². The molecule has 0 spiro atoms. The number of nitrogen functional groups attached to an aromatic ring is 1. The minimum absolute atomic E-state index is 0.451. The summed E-state index contributed by atoms with van der Waals surface area (Å²) in [5, 5.41) is 0. The number of ether oxygens (including phenoxy) is 2. The Hall–Kier alpha value is -1.26. The van der Waals surface area contributed by atoms with Crippen LogP contribution in [0.1, 0.15) is 19.8 Å². The molecule has 1 aromatic rings. The summed E-state index contributed by atoms with van der Waals surface area (Å²) in [6.45, 7) is 6.71. The van der Waals surface area contributed by atoms with Crippen molar-refractivity contribution in [1.29, 1.82) is 0 Å². The first kappa shape index (κ1) is 14.2.